The number of hydrogen-bond acceptors (Lipinski definition) is 2. The number of fused-ring (bicyclic) bond motifs is 1. The molecule has 2 nitrogen and oxygen atoms in total. The minimum Gasteiger partial charge on any atom is -0.388 e. The van der Waals surface area contributed by atoms with Crippen LogP contribution in [-0.2, 0) is 0 Å². The molecule has 1 heterocycles. The van der Waals surface area contributed by atoms with Crippen LogP contribution in [0.25, 0.3) is 10.9 Å². The topological polar surface area (TPSA) is 33.1 Å². The Morgan fingerprint density at radius 2 is 1.86 bits per heavy atom. The van der Waals surface area contributed by atoms with Gasteiger partial charge in [0.2, 0.25) is 0 Å². The zero-order valence-corrected chi connectivity index (χ0v) is 11.7. The standard InChI is InChI=1S/C19H17NO/c21-19(17-12-16(17)13-5-2-1-3-6-13)15-8-9-18-14(11-15)7-4-10-20-18/h1-11,16-17,19,21H,12H2. The highest BCUT2D eigenvalue weighted by molar-refractivity contribution is 5.79. The van der Waals surface area contributed by atoms with E-state index < -0.39 is 0 Å². The van der Waals surface area contributed by atoms with E-state index in [1.165, 1.54) is 5.56 Å². The van der Waals surface area contributed by atoms with E-state index >= 15 is 0 Å². The summed E-state index contributed by atoms with van der Waals surface area (Å²) >= 11 is 0. The molecule has 0 radical (unpaired) electrons. The lowest BCUT2D eigenvalue weighted by Crippen LogP contribution is -2.01. The predicted molar refractivity (Wildman–Crippen MR) is 84.0 cm³/mol. The second-order valence-corrected chi connectivity index (χ2v) is 5.82. The molecule has 21 heavy (non-hydrogen) atoms. The van der Waals surface area contributed by atoms with Crippen molar-refractivity contribution < 1.29 is 5.11 Å². The van der Waals surface area contributed by atoms with E-state index in [9.17, 15) is 5.11 Å². The van der Waals surface area contributed by atoms with Crippen LogP contribution in [0.4, 0.5) is 0 Å². The molecular formula is C19H17NO. The summed E-state index contributed by atoms with van der Waals surface area (Å²) in [6.45, 7) is 0. The highest BCUT2D eigenvalue weighted by Gasteiger charge is 2.43. The third kappa shape index (κ3) is 2.32. The second-order valence-electron chi connectivity index (χ2n) is 5.82. The monoisotopic (exact) mass is 275 g/mol. The third-order valence-electron chi connectivity index (χ3n) is 4.44. The molecule has 3 unspecified atom stereocenters. The molecule has 1 N–H and O–H groups in total. The summed E-state index contributed by atoms with van der Waals surface area (Å²) in [6, 6.07) is 20.5. The maximum atomic E-state index is 10.6. The van der Waals surface area contributed by atoms with Gasteiger partial charge in [-0.3, -0.25) is 4.98 Å². The Bertz CT molecular complexity index is 769. The number of hydrogen-bond donors (Lipinski definition) is 1. The van der Waals surface area contributed by atoms with Gasteiger partial charge in [0.15, 0.2) is 0 Å². The molecule has 1 saturated carbocycles. The van der Waals surface area contributed by atoms with E-state index in [4.69, 9.17) is 0 Å². The SMILES string of the molecule is OC(c1ccc2ncccc2c1)C1CC1c1ccccc1. The van der Waals surface area contributed by atoms with Crippen molar-refractivity contribution in [3.63, 3.8) is 0 Å². The lowest BCUT2D eigenvalue weighted by Gasteiger charge is -2.12. The van der Waals surface area contributed by atoms with Crippen molar-refractivity contribution in [2.75, 3.05) is 0 Å². The Labute approximate surface area is 124 Å². The molecule has 1 aromatic heterocycles. The van der Waals surface area contributed by atoms with Crippen molar-refractivity contribution in [3.05, 3.63) is 78.0 Å². The summed E-state index contributed by atoms with van der Waals surface area (Å²) in [4.78, 5) is 4.32. The lowest BCUT2D eigenvalue weighted by atomic mass is 10.00. The summed E-state index contributed by atoms with van der Waals surface area (Å²) in [7, 11) is 0. The van der Waals surface area contributed by atoms with Gasteiger partial charge in [0.05, 0.1) is 11.6 Å². The fourth-order valence-electron chi connectivity index (χ4n) is 3.17. The van der Waals surface area contributed by atoms with Gasteiger partial charge in [-0.1, -0.05) is 42.5 Å². The van der Waals surface area contributed by atoms with E-state index in [2.05, 4.69) is 35.3 Å². The van der Waals surface area contributed by atoms with Crippen LogP contribution in [0.5, 0.6) is 0 Å². The van der Waals surface area contributed by atoms with Crippen LogP contribution in [-0.4, -0.2) is 10.1 Å². The van der Waals surface area contributed by atoms with E-state index in [0.717, 1.165) is 22.9 Å². The lowest BCUT2D eigenvalue weighted by molar-refractivity contribution is 0.151. The Morgan fingerprint density at radius 1 is 1.00 bits per heavy atom. The third-order valence-corrected chi connectivity index (χ3v) is 4.44. The number of aliphatic hydroxyl groups excluding tert-OH is 1. The first kappa shape index (κ1) is 12.5. The number of benzene rings is 2. The quantitative estimate of drug-likeness (QED) is 0.781. The molecule has 3 atom stereocenters. The van der Waals surface area contributed by atoms with Gasteiger partial charge in [-0.25, -0.2) is 0 Å². The zero-order chi connectivity index (χ0) is 14.2. The van der Waals surface area contributed by atoms with Gasteiger partial charge in [-0.15, -0.1) is 0 Å². The van der Waals surface area contributed by atoms with Crippen LogP contribution < -0.4 is 0 Å². The van der Waals surface area contributed by atoms with Crippen molar-refractivity contribution in [3.8, 4) is 0 Å². The number of rotatable bonds is 3. The van der Waals surface area contributed by atoms with Gasteiger partial charge in [0.1, 0.15) is 0 Å². The zero-order valence-electron chi connectivity index (χ0n) is 11.7. The number of nitrogens with zero attached hydrogens (tertiary/aromatic N) is 1. The molecule has 1 fully saturated rings. The molecule has 1 aliphatic rings. The first-order chi connectivity index (χ1) is 10.3. The highest BCUT2D eigenvalue weighted by atomic mass is 16.3. The summed E-state index contributed by atoms with van der Waals surface area (Å²) in [6.07, 6.45) is 2.47. The fourth-order valence-corrected chi connectivity index (χ4v) is 3.17. The molecule has 2 heteroatoms. The molecule has 0 aliphatic heterocycles. The fraction of sp³-hybridized carbons (Fsp3) is 0.211. The molecule has 0 bridgehead atoms. The number of pyridine rings is 1. The molecule has 0 saturated heterocycles. The van der Waals surface area contributed by atoms with Crippen LogP contribution in [0.15, 0.2) is 66.9 Å². The Morgan fingerprint density at radius 3 is 2.71 bits per heavy atom. The van der Waals surface area contributed by atoms with Crippen LogP contribution in [0.2, 0.25) is 0 Å². The maximum Gasteiger partial charge on any atom is 0.0824 e. The van der Waals surface area contributed by atoms with E-state index in [1.54, 1.807) is 6.20 Å². The second kappa shape index (κ2) is 4.97. The van der Waals surface area contributed by atoms with Gasteiger partial charge >= 0.3 is 0 Å². The van der Waals surface area contributed by atoms with Crippen molar-refractivity contribution in [2.45, 2.75) is 18.4 Å². The molecule has 0 spiro atoms. The van der Waals surface area contributed by atoms with Gasteiger partial charge in [0, 0.05) is 11.6 Å². The van der Waals surface area contributed by atoms with Crippen LogP contribution in [0, 0.1) is 5.92 Å². The summed E-state index contributed by atoms with van der Waals surface area (Å²) in [5.74, 6) is 0.826. The van der Waals surface area contributed by atoms with Crippen LogP contribution in [0.1, 0.15) is 29.6 Å². The molecule has 3 aromatic rings. The molecule has 2 aromatic carbocycles. The van der Waals surface area contributed by atoms with Gasteiger partial charge < -0.3 is 5.11 Å². The van der Waals surface area contributed by atoms with E-state index in [1.807, 2.05) is 30.3 Å². The van der Waals surface area contributed by atoms with E-state index in [-0.39, 0.29) is 6.10 Å². The van der Waals surface area contributed by atoms with Crippen molar-refractivity contribution in [1.29, 1.82) is 0 Å². The first-order valence-corrected chi connectivity index (χ1v) is 7.40. The first-order valence-electron chi connectivity index (χ1n) is 7.40. The summed E-state index contributed by atoms with van der Waals surface area (Å²) in [5.41, 5.74) is 3.31. The average Bonchev–Trinajstić information content (AvgIpc) is 3.35. The summed E-state index contributed by atoms with van der Waals surface area (Å²) < 4.78 is 0. The molecule has 104 valence electrons. The minimum atomic E-state index is -0.389. The molecule has 1 aliphatic carbocycles. The Hall–Kier alpha value is -2.19. The normalized spacial score (nSPS) is 22.1. The van der Waals surface area contributed by atoms with Gasteiger partial charge in [0.25, 0.3) is 0 Å². The van der Waals surface area contributed by atoms with Crippen molar-refractivity contribution >= 4 is 10.9 Å². The molecular weight excluding hydrogens is 258 g/mol. The Balaban J connectivity index is 1.58. The smallest absolute Gasteiger partial charge is 0.0824 e. The van der Waals surface area contributed by atoms with Crippen molar-refractivity contribution in [2.24, 2.45) is 5.92 Å². The van der Waals surface area contributed by atoms with Crippen LogP contribution in [0.3, 0.4) is 0 Å². The van der Waals surface area contributed by atoms with Crippen molar-refractivity contribution in [1.82, 2.24) is 4.98 Å². The number of aliphatic hydroxyl groups is 1. The predicted octanol–water partition coefficient (Wildman–Crippen LogP) is 4.07. The minimum absolute atomic E-state index is 0.335. The average molecular weight is 275 g/mol. The summed E-state index contributed by atoms with van der Waals surface area (Å²) in [5, 5.41) is 11.7. The maximum absolute atomic E-state index is 10.6. The van der Waals surface area contributed by atoms with Gasteiger partial charge in [-0.05, 0) is 47.6 Å². The van der Waals surface area contributed by atoms with Crippen LogP contribution >= 0.6 is 0 Å². The largest absolute Gasteiger partial charge is 0.388 e. The van der Waals surface area contributed by atoms with Gasteiger partial charge in [-0.2, -0.15) is 0 Å². The number of aromatic nitrogens is 1. The Kier molecular flexibility index (Phi) is 2.97. The molecule has 4 rings (SSSR count). The highest BCUT2D eigenvalue weighted by Crippen LogP contribution is 2.54. The van der Waals surface area contributed by atoms with E-state index in [0.29, 0.717) is 11.8 Å². The molecule has 0 amide bonds.